The number of rotatable bonds is 6. The molecule has 1 aliphatic heterocycles. The molecule has 0 aromatic heterocycles. The SMILES string of the molecule is Cc1ccc(CCC(=O)NC2CN(C(C)C)C3C=CC=CC(=C3)N(C(C)C)C2=O)c(Cl)c1. The molecule has 0 saturated carbocycles. The Balaban J connectivity index is 1.81. The summed E-state index contributed by atoms with van der Waals surface area (Å²) in [6.45, 7) is 10.7. The molecule has 1 aromatic rings. The summed E-state index contributed by atoms with van der Waals surface area (Å²) in [6.07, 6.45) is 11.0. The molecule has 2 unspecified atom stereocenters. The van der Waals surface area contributed by atoms with Crippen LogP contribution in [0.5, 0.6) is 0 Å². The van der Waals surface area contributed by atoms with Crippen LogP contribution in [0, 0.1) is 6.92 Å². The zero-order chi connectivity index (χ0) is 23.4. The van der Waals surface area contributed by atoms with E-state index in [1.54, 1.807) is 4.90 Å². The number of halogens is 1. The Morgan fingerprint density at radius 2 is 1.94 bits per heavy atom. The van der Waals surface area contributed by atoms with Crippen molar-refractivity contribution in [1.82, 2.24) is 15.1 Å². The second kappa shape index (κ2) is 10.5. The molecule has 3 rings (SSSR count). The van der Waals surface area contributed by atoms with Crippen molar-refractivity contribution in [2.45, 2.75) is 71.6 Å². The number of aryl methyl sites for hydroxylation is 2. The number of carbonyl (C=O) groups is 2. The minimum Gasteiger partial charge on any atom is -0.343 e. The van der Waals surface area contributed by atoms with Crippen LogP contribution in [-0.4, -0.2) is 52.3 Å². The molecule has 172 valence electrons. The van der Waals surface area contributed by atoms with Crippen molar-refractivity contribution >= 4 is 23.4 Å². The van der Waals surface area contributed by atoms with Crippen molar-refractivity contribution in [1.29, 1.82) is 0 Å². The van der Waals surface area contributed by atoms with Gasteiger partial charge in [-0.3, -0.25) is 14.5 Å². The molecule has 32 heavy (non-hydrogen) atoms. The number of nitrogens with zero attached hydrogens (tertiary/aromatic N) is 2. The Bertz CT molecular complexity index is 948. The second-order valence-corrected chi connectivity index (χ2v) is 9.54. The number of carbonyl (C=O) groups excluding carboxylic acids is 2. The number of amides is 2. The van der Waals surface area contributed by atoms with Gasteiger partial charge in [-0.1, -0.05) is 42.0 Å². The predicted octanol–water partition coefficient (Wildman–Crippen LogP) is 4.41. The first kappa shape index (κ1) is 24.3. The van der Waals surface area contributed by atoms with E-state index < -0.39 is 6.04 Å². The first-order valence-electron chi connectivity index (χ1n) is 11.4. The van der Waals surface area contributed by atoms with Crippen LogP contribution in [0.4, 0.5) is 0 Å². The van der Waals surface area contributed by atoms with E-state index >= 15 is 0 Å². The van der Waals surface area contributed by atoms with Gasteiger partial charge in [0.1, 0.15) is 6.04 Å². The third-order valence-electron chi connectivity index (χ3n) is 5.96. The van der Waals surface area contributed by atoms with Gasteiger partial charge in [0.15, 0.2) is 0 Å². The Hall–Kier alpha value is -2.37. The third-order valence-corrected chi connectivity index (χ3v) is 6.31. The van der Waals surface area contributed by atoms with Gasteiger partial charge in [0.25, 0.3) is 5.91 Å². The Morgan fingerprint density at radius 1 is 1.19 bits per heavy atom. The highest BCUT2D eigenvalue weighted by Crippen LogP contribution is 2.24. The third kappa shape index (κ3) is 5.70. The summed E-state index contributed by atoms with van der Waals surface area (Å²) in [7, 11) is 0. The summed E-state index contributed by atoms with van der Waals surface area (Å²) < 4.78 is 0. The Morgan fingerprint density at radius 3 is 2.59 bits per heavy atom. The minimum atomic E-state index is -0.619. The van der Waals surface area contributed by atoms with E-state index in [0.29, 0.717) is 18.0 Å². The number of hydrogen-bond donors (Lipinski definition) is 1. The van der Waals surface area contributed by atoms with E-state index in [-0.39, 0.29) is 36.4 Å². The molecule has 5 nitrogen and oxygen atoms in total. The molecule has 1 heterocycles. The van der Waals surface area contributed by atoms with Gasteiger partial charge in [0, 0.05) is 41.8 Å². The molecule has 2 amide bonds. The highest BCUT2D eigenvalue weighted by Gasteiger charge is 2.35. The number of allylic oxidation sites excluding steroid dienone is 3. The van der Waals surface area contributed by atoms with Gasteiger partial charge in [-0.15, -0.1) is 0 Å². The maximum atomic E-state index is 13.6. The molecule has 6 heteroatoms. The topological polar surface area (TPSA) is 52.7 Å². The van der Waals surface area contributed by atoms with Crippen molar-refractivity contribution in [2.75, 3.05) is 6.54 Å². The lowest BCUT2D eigenvalue weighted by atomic mass is 10.0. The molecule has 0 radical (unpaired) electrons. The van der Waals surface area contributed by atoms with Crippen LogP contribution >= 0.6 is 11.6 Å². The standard InChI is InChI=1S/C26H34ClN3O2/c1-17(2)29-16-24(28-25(31)13-12-20-11-10-19(5)14-23(20)27)26(32)30(18(3)4)22-9-7-6-8-21(29)15-22/h6-11,14-15,17-18,21,24H,12-13,16H2,1-5H3,(H,28,31). The largest absolute Gasteiger partial charge is 0.343 e. The van der Waals surface area contributed by atoms with Crippen molar-refractivity contribution in [3.05, 3.63) is 70.4 Å². The number of fused-ring (bicyclic) bond motifs is 1. The van der Waals surface area contributed by atoms with Gasteiger partial charge < -0.3 is 10.2 Å². The molecule has 2 aliphatic rings. The fourth-order valence-corrected chi connectivity index (χ4v) is 4.61. The lowest BCUT2D eigenvalue weighted by Crippen LogP contribution is -2.58. The number of hydrogen-bond acceptors (Lipinski definition) is 3. The van der Waals surface area contributed by atoms with Gasteiger partial charge >= 0.3 is 0 Å². The van der Waals surface area contributed by atoms with Gasteiger partial charge in [0.2, 0.25) is 5.91 Å². The smallest absolute Gasteiger partial charge is 0.251 e. The highest BCUT2D eigenvalue weighted by molar-refractivity contribution is 6.31. The monoisotopic (exact) mass is 455 g/mol. The summed E-state index contributed by atoms with van der Waals surface area (Å²) in [5.41, 5.74) is 2.90. The number of nitrogens with one attached hydrogen (secondary N) is 1. The maximum Gasteiger partial charge on any atom is 0.251 e. The first-order valence-corrected chi connectivity index (χ1v) is 11.7. The van der Waals surface area contributed by atoms with Gasteiger partial charge in [-0.05, 0) is 70.4 Å². The van der Waals surface area contributed by atoms with Crippen LogP contribution in [0.25, 0.3) is 0 Å². The van der Waals surface area contributed by atoms with Crippen molar-refractivity contribution < 1.29 is 9.59 Å². The fourth-order valence-electron chi connectivity index (χ4n) is 4.28. The summed E-state index contributed by atoms with van der Waals surface area (Å²) >= 11 is 6.33. The lowest BCUT2D eigenvalue weighted by molar-refractivity contribution is -0.137. The summed E-state index contributed by atoms with van der Waals surface area (Å²) in [6, 6.07) is 5.49. The average molecular weight is 456 g/mol. The molecule has 0 fully saturated rings. The average Bonchev–Trinajstić information content (AvgIpc) is 2.95. The van der Waals surface area contributed by atoms with Crippen molar-refractivity contribution in [3.63, 3.8) is 0 Å². The van der Waals surface area contributed by atoms with E-state index in [2.05, 4.69) is 36.2 Å². The van der Waals surface area contributed by atoms with Gasteiger partial charge in [-0.25, -0.2) is 0 Å². The molecular formula is C26H34ClN3O2. The van der Waals surface area contributed by atoms with Crippen LogP contribution in [0.3, 0.4) is 0 Å². The zero-order valence-corrected chi connectivity index (χ0v) is 20.4. The molecule has 2 atom stereocenters. The molecule has 1 aromatic carbocycles. The van der Waals surface area contributed by atoms with Crippen LogP contribution in [-0.2, 0) is 16.0 Å². The molecule has 1 aliphatic carbocycles. The van der Waals surface area contributed by atoms with E-state index in [1.165, 1.54) is 0 Å². The summed E-state index contributed by atoms with van der Waals surface area (Å²) in [5, 5.41) is 3.70. The molecular weight excluding hydrogens is 422 g/mol. The van der Waals surface area contributed by atoms with Crippen LogP contribution < -0.4 is 5.32 Å². The van der Waals surface area contributed by atoms with Crippen LogP contribution in [0.15, 0.2) is 54.3 Å². The maximum absolute atomic E-state index is 13.6. The van der Waals surface area contributed by atoms with Gasteiger partial charge in [0.05, 0.1) is 0 Å². The molecule has 0 saturated heterocycles. The number of benzene rings is 1. The Kier molecular flexibility index (Phi) is 7.96. The first-order chi connectivity index (χ1) is 15.2. The second-order valence-electron chi connectivity index (χ2n) is 9.13. The lowest BCUT2D eigenvalue weighted by Gasteiger charge is -2.40. The minimum absolute atomic E-state index is 0.0199. The van der Waals surface area contributed by atoms with Crippen LogP contribution in [0.2, 0.25) is 5.02 Å². The highest BCUT2D eigenvalue weighted by atomic mass is 35.5. The van der Waals surface area contributed by atoms with E-state index in [4.69, 9.17) is 11.6 Å². The van der Waals surface area contributed by atoms with Crippen molar-refractivity contribution in [3.8, 4) is 0 Å². The molecule has 2 bridgehead atoms. The molecule has 0 spiro atoms. The van der Waals surface area contributed by atoms with Gasteiger partial charge in [-0.2, -0.15) is 0 Å². The fraction of sp³-hybridized carbons (Fsp3) is 0.462. The van der Waals surface area contributed by atoms with E-state index in [0.717, 1.165) is 16.8 Å². The Labute approximate surface area is 196 Å². The quantitative estimate of drug-likeness (QED) is 0.691. The summed E-state index contributed by atoms with van der Waals surface area (Å²) in [5.74, 6) is -0.223. The van der Waals surface area contributed by atoms with E-state index in [9.17, 15) is 9.59 Å². The molecule has 1 N–H and O–H groups in total. The van der Waals surface area contributed by atoms with Crippen LogP contribution in [0.1, 0.15) is 45.2 Å². The zero-order valence-electron chi connectivity index (χ0n) is 19.6. The van der Waals surface area contributed by atoms with E-state index in [1.807, 2.05) is 57.2 Å². The summed E-state index contributed by atoms with van der Waals surface area (Å²) in [4.78, 5) is 30.5. The normalized spacial score (nSPS) is 21.4. The van der Waals surface area contributed by atoms with Crippen molar-refractivity contribution in [2.24, 2.45) is 0 Å². The predicted molar refractivity (Wildman–Crippen MR) is 130 cm³/mol.